The van der Waals surface area contributed by atoms with Crippen molar-refractivity contribution in [2.45, 2.75) is 18.4 Å². The van der Waals surface area contributed by atoms with E-state index in [9.17, 15) is 9.59 Å². The van der Waals surface area contributed by atoms with Crippen LogP contribution < -0.4 is 10.1 Å². The highest BCUT2D eigenvalue weighted by molar-refractivity contribution is 5.89. The van der Waals surface area contributed by atoms with Crippen molar-refractivity contribution < 1.29 is 24.2 Å². The maximum absolute atomic E-state index is 12.2. The fourth-order valence-electron chi connectivity index (χ4n) is 2.15. The van der Waals surface area contributed by atoms with Crippen molar-refractivity contribution in [2.24, 2.45) is 0 Å². The van der Waals surface area contributed by atoms with Gasteiger partial charge in [0, 0.05) is 25.7 Å². The summed E-state index contributed by atoms with van der Waals surface area (Å²) in [5.74, 6) is -1.19. The Morgan fingerprint density at radius 1 is 1.50 bits per heavy atom. The van der Waals surface area contributed by atoms with Crippen molar-refractivity contribution in [2.75, 3.05) is 20.3 Å². The molecule has 20 heavy (non-hydrogen) atoms. The Morgan fingerprint density at radius 2 is 2.25 bits per heavy atom. The first kappa shape index (κ1) is 14.3. The molecule has 108 valence electrons. The number of carbonyl (C=O) groups is 2. The first-order chi connectivity index (χ1) is 9.63. The van der Waals surface area contributed by atoms with Gasteiger partial charge < -0.3 is 19.9 Å². The van der Waals surface area contributed by atoms with Crippen molar-refractivity contribution in [3.05, 3.63) is 29.8 Å². The van der Waals surface area contributed by atoms with E-state index in [1.165, 1.54) is 7.11 Å². The fraction of sp³-hybridized carbons (Fsp3) is 0.429. The summed E-state index contributed by atoms with van der Waals surface area (Å²) in [5, 5.41) is 11.6. The van der Waals surface area contributed by atoms with Gasteiger partial charge in [-0.25, -0.2) is 4.79 Å². The smallest absolute Gasteiger partial charge is 0.326 e. The molecule has 0 aromatic heterocycles. The van der Waals surface area contributed by atoms with E-state index in [-0.39, 0.29) is 25.5 Å². The van der Waals surface area contributed by atoms with Crippen LogP contribution in [0, 0.1) is 0 Å². The van der Waals surface area contributed by atoms with E-state index < -0.39 is 17.9 Å². The third-order valence-electron chi connectivity index (χ3n) is 3.24. The standard InChI is InChI=1S/C14H17NO5/c1-19-7-6-11(14(17)18)15-13(16)10-8-20-12-5-3-2-4-9(10)12/h2-5,10-11H,6-8H2,1H3,(H,15,16)(H,17,18)/t10-,11+/m0/s1. The summed E-state index contributed by atoms with van der Waals surface area (Å²) < 4.78 is 10.3. The van der Waals surface area contributed by atoms with Crippen LogP contribution in [0.15, 0.2) is 24.3 Å². The summed E-state index contributed by atoms with van der Waals surface area (Å²) in [6.07, 6.45) is 0.229. The fourth-order valence-corrected chi connectivity index (χ4v) is 2.15. The Bertz CT molecular complexity index is 502. The molecule has 1 aliphatic rings. The van der Waals surface area contributed by atoms with Crippen molar-refractivity contribution in [1.82, 2.24) is 5.32 Å². The third kappa shape index (κ3) is 3.08. The topological polar surface area (TPSA) is 84.9 Å². The summed E-state index contributed by atoms with van der Waals surface area (Å²) in [4.78, 5) is 23.3. The van der Waals surface area contributed by atoms with Crippen LogP contribution in [0.4, 0.5) is 0 Å². The van der Waals surface area contributed by atoms with Gasteiger partial charge >= 0.3 is 5.97 Å². The SMILES string of the molecule is COCC[C@@H](NC(=O)[C@H]1COc2ccccc21)C(=O)O. The Morgan fingerprint density at radius 3 is 2.95 bits per heavy atom. The molecule has 0 aliphatic carbocycles. The summed E-state index contributed by atoms with van der Waals surface area (Å²) >= 11 is 0. The van der Waals surface area contributed by atoms with E-state index in [4.69, 9.17) is 14.6 Å². The molecule has 0 saturated carbocycles. The van der Waals surface area contributed by atoms with Gasteiger partial charge in [-0.05, 0) is 6.07 Å². The lowest BCUT2D eigenvalue weighted by Gasteiger charge is -2.16. The molecule has 6 nitrogen and oxygen atoms in total. The monoisotopic (exact) mass is 279 g/mol. The minimum absolute atomic E-state index is 0.229. The first-order valence-electron chi connectivity index (χ1n) is 6.37. The highest BCUT2D eigenvalue weighted by Crippen LogP contribution is 2.33. The van der Waals surface area contributed by atoms with Crippen molar-refractivity contribution >= 4 is 11.9 Å². The number of fused-ring (bicyclic) bond motifs is 1. The number of ether oxygens (including phenoxy) is 2. The number of para-hydroxylation sites is 1. The molecule has 6 heteroatoms. The second-order valence-electron chi connectivity index (χ2n) is 4.58. The molecule has 1 amide bonds. The molecule has 1 aromatic rings. The summed E-state index contributed by atoms with van der Waals surface area (Å²) in [6.45, 7) is 0.511. The summed E-state index contributed by atoms with van der Waals surface area (Å²) in [7, 11) is 1.49. The van der Waals surface area contributed by atoms with Crippen LogP contribution in [-0.2, 0) is 14.3 Å². The molecule has 0 radical (unpaired) electrons. The molecule has 1 aromatic carbocycles. The van der Waals surface area contributed by atoms with Crippen LogP contribution >= 0.6 is 0 Å². The Kier molecular flexibility index (Phi) is 4.57. The van der Waals surface area contributed by atoms with Gasteiger partial charge in [0.05, 0.1) is 0 Å². The number of carbonyl (C=O) groups excluding carboxylic acids is 1. The molecule has 0 spiro atoms. The van der Waals surface area contributed by atoms with Gasteiger partial charge in [0.15, 0.2) is 0 Å². The number of hydrogen-bond acceptors (Lipinski definition) is 4. The predicted molar refractivity (Wildman–Crippen MR) is 70.7 cm³/mol. The van der Waals surface area contributed by atoms with Gasteiger partial charge in [0.25, 0.3) is 0 Å². The van der Waals surface area contributed by atoms with Gasteiger partial charge in [-0.1, -0.05) is 18.2 Å². The molecule has 0 saturated heterocycles. The van der Waals surface area contributed by atoms with Crippen LogP contribution in [0.3, 0.4) is 0 Å². The second-order valence-corrected chi connectivity index (χ2v) is 4.58. The number of benzene rings is 1. The largest absolute Gasteiger partial charge is 0.492 e. The molecule has 2 rings (SSSR count). The van der Waals surface area contributed by atoms with Crippen molar-refractivity contribution in [1.29, 1.82) is 0 Å². The Hall–Kier alpha value is -2.08. The van der Waals surface area contributed by atoms with Crippen molar-refractivity contribution in [3.8, 4) is 5.75 Å². The number of aliphatic carboxylic acids is 1. The van der Waals surface area contributed by atoms with E-state index in [1.54, 1.807) is 6.07 Å². The molecule has 0 fully saturated rings. The molecular weight excluding hydrogens is 262 g/mol. The zero-order chi connectivity index (χ0) is 14.5. The summed E-state index contributed by atoms with van der Waals surface area (Å²) in [6, 6.07) is 6.32. The Labute approximate surface area is 116 Å². The van der Waals surface area contributed by atoms with Gasteiger partial charge in [-0.15, -0.1) is 0 Å². The van der Waals surface area contributed by atoms with E-state index in [1.807, 2.05) is 18.2 Å². The highest BCUT2D eigenvalue weighted by atomic mass is 16.5. The number of carboxylic acid groups (broad SMARTS) is 1. The molecule has 1 aliphatic heterocycles. The van der Waals surface area contributed by atoms with Crippen LogP contribution in [-0.4, -0.2) is 43.3 Å². The quantitative estimate of drug-likeness (QED) is 0.803. The summed E-state index contributed by atoms with van der Waals surface area (Å²) in [5.41, 5.74) is 0.792. The molecular formula is C14H17NO5. The average Bonchev–Trinajstić information content (AvgIpc) is 2.87. The number of rotatable bonds is 6. The van der Waals surface area contributed by atoms with E-state index in [0.717, 1.165) is 5.56 Å². The van der Waals surface area contributed by atoms with Crippen LogP contribution in [0.1, 0.15) is 17.9 Å². The van der Waals surface area contributed by atoms with E-state index in [0.29, 0.717) is 5.75 Å². The number of amides is 1. The molecule has 0 bridgehead atoms. The maximum atomic E-state index is 12.2. The zero-order valence-corrected chi connectivity index (χ0v) is 11.2. The normalized spacial score (nSPS) is 17.9. The van der Waals surface area contributed by atoms with Gasteiger partial charge in [-0.3, -0.25) is 4.79 Å². The first-order valence-corrected chi connectivity index (χ1v) is 6.37. The maximum Gasteiger partial charge on any atom is 0.326 e. The van der Waals surface area contributed by atoms with Crippen LogP contribution in [0.25, 0.3) is 0 Å². The predicted octanol–water partition coefficient (Wildman–Crippen LogP) is 0.768. The minimum Gasteiger partial charge on any atom is -0.492 e. The lowest BCUT2D eigenvalue weighted by atomic mass is 10.00. The van der Waals surface area contributed by atoms with E-state index >= 15 is 0 Å². The van der Waals surface area contributed by atoms with Gasteiger partial charge in [0.2, 0.25) is 5.91 Å². The number of nitrogens with one attached hydrogen (secondary N) is 1. The van der Waals surface area contributed by atoms with Gasteiger partial charge in [0.1, 0.15) is 24.3 Å². The second kappa shape index (κ2) is 6.38. The lowest BCUT2D eigenvalue weighted by molar-refractivity contribution is -0.142. The molecule has 0 unspecified atom stereocenters. The molecule has 1 heterocycles. The zero-order valence-electron chi connectivity index (χ0n) is 11.2. The van der Waals surface area contributed by atoms with Crippen LogP contribution in [0.5, 0.6) is 5.75 Å². The van der Waals surface area contributed by atoms with Gasteiger partial charge in [-0.2, -0.15) is 0 Å². The van der Waals surface area contributed by atoms with Crippen molar-refractivity contribution in [3.63, 3.8) is 0 Å². The molecule has 2 atom stereocenters. The Balaban J connectivity index is 2.03. The number of methoxy groups -OCH3 is 1. The lowest BCUT2D eigenvalue weighted by Crippen LogP contribution is -2.44. The third-order valence-corrected chi connectivity index (χ3v) is 3.24. The minimum atomic E-state index is -1.07. The number of carboxylic acids is 1. The van der Waals surface area contributed by atoms with E-state index in [2.05, 4.69) is 5.32 Å². The van der Waals surface area contributed by atoms with Crippen LogP contribution in [0.2, 0.25) is 0 Å². The highest BCUT2D eigenvalue weighted by Gasteiger charge is 2.32. The molecule has 2 N–H and O–H groups in total. The number of hydrogen-bond donors (Lipinski definition) is 2. The average molecular weight is 279 g/mol.